The van der Waals surface area contributed by atoms with Gasteiger partial charge in [0.25, 0.3) is 5.91 Å². The Morgan fingerprint density at radius 1 is 1.00 bits per heavy atom. The van der Waals surface area contributed by atoms with E-state index in [-0.39, 0.29) is 11.5 Å². The maximum absolute atomic E-state index is 12.3. The molecule has 0 aliphatic carbocycles. The summed E-state index contributed by atoms with van der Waals surface area (Å²) in [4.78, 5) is 23.5. The summed E-state index contributed by atoms with van der Waals surface area (Å²) in [5, 5.41) is 5.17. The minimum atomic E-state index is -4.80. The van der Waals surface area contributed by atoms with E-state index in [1.165, 1.54) is 19.1 Å². The van der Waals surface area contributed by atoms with Gasteiger partial charge in [0.05, 0.1) is 11.4 Å². The highest BCUT2D eigenvalue weighted by atomic mass is 79.9. The number of nitrogens with one attached hydrogen (secondary N) is 2. The molecule has 0 spiro atoms. The van der Waals surface area contributed by atoms with Crippen LogP contribution in [-0.4, -0.2) is 18.2 Å². The molecule has 0 unspecified atom stereocenters. The Kier molecular flexibility index (Phi) is 5.68. The first-order valence-electron chi connectivity index (χ1n) is 6.88. The van der Waals surface area contributed by atoms with Crippen molar-refractivity contribution in [3.05, 3.63) is 52.5 Å². The first-order valence-corrected chi connectivity index (χ1v) is 7.67. The largest absolute Gasteiger partial charge is 0.573 e. The van der Waals surface area contributed by atoms with Gasteiger partial charge in [0.15, 0.2) is 0 Å². The van der Waals surface area contributed by atoms with Crippen molar-refractivity contribution in [1.29, 1.82) is 0 Å². The quantitative estimate of drug-likeness (QED) is 0.767. The summed E-state index contributed by atoms with van der Waals surface area (Å²) in [5.74, 6) is -1.29. The first-order chi connectivity index (χ1) is 11.6. The zero-order valence-electron chi connectivity index (χ0n) is 12.8. The second-order valence-electron chi connectivity index (χ2n) is 4.90. The summed E-state index contributed by atoms with van der Waals surface area (Å²) < 4.78 is 40.8. The molecule has 0 aliphatic heterocycles. The minimum Gasteiger partial charge on any atom is -0.406 e. The fourth-order valence-electron chi connectivity index (χ4n) is 1.92. The van der Waals surface area contributed by atoms with Gasteiger partial charge in [-0.05, 0) is 42.5 Å². The van der Waals surface area contributed by atoms with Gasteiger partial charge >= 0.3 is 6.36 Å². The SMILES string of the molecule is CC(=O)Nc1ccc(Br)cc1NC(=O)c1ccc(OC(F)(F)F)cc1. The van der Waals surface area contributed by atoms with E-state index in [2.05, 4.69) is 31.3 Å². The van der Waals surface area contributed by atoms with Crippen LogP contribution in [-0.2, 0) is 4.79 Å². The summed E-state index contributed by atoms with van der Waals surface area (Å²) in [6.07, 6.45) is -4.80. The van der Waals surface area contributed by atoms with Crippen LogP contribution in [0.2, 0.25) is 0 Å². The lowest BCUT2D eigenvalue weighted by atomic mass is 10.2. The van der Waals surface area contributed by atoms with Crippen molar-refractivity contribution in [2.24, 2.45) is 0 Å². The average Bonchev–Trinajstić information content (AvgIpc) is 2.48. The van der Waals surface area contributed by atoms with Crippen molar-refractivity contribution in [1.82, 2.24) is 0 Å². The van der Waals surface area contributed by atoms with E-state index >= 15 is 0 Å². The second kappa shape index (κ2) is 7.56. The molecule has 5 nitrogen and oxygen atoms in total. The lowest BCUT2D eigenvalue weighted by molar-refractivity contribution is -0.274. The van der Waals surface area contributed by atoms with E-state index in [0.29, 0.717) is 15.8 Å². The third-order valence-corrected chi connectivity index (χ3v) is 3.38. The van der Waals surface area contributed by atoms with E-state index in [1.54, 1.807) is 18.2 Å². The number of carbonyl (C=O) groups is 2. The zero-order chi connectivity index (χ0) is 18.6. The molecule has 0 aromatic heterocycles. The first kappa shape index (κ1) is 18.8. The fraction of sp³-hybridized carbons (Fsp3) is 0.125. The monoisotopic (exact) mass is 416 g/mol. The molecule has 9 heteroatoms. The number of rotatable bonds is 4. The summed E-state index contributed by atoms with van der Waals surface area (Å²) in [7, 11) is 0. The van der Waals surface area contributed by atoms with Gasteiger partial charge in [0, 0.05) is 17.0 Å². The van der Waals surface area contributed by atoms with Gasteiger partial charge < -0.3 is 15.4 Å². The number of halogens is 4. The highest BCUT2D eigenvalue weighted by Gasteiger charge is 2.31. The summed E-state index contributed by atoms with van der Waals surface area (Å²) >= 11 is 3.26. The highest BCUT2D eigenvalue weighted by molar-refractivity contribution is 9.10. The number of carbonyl (C=O) groups excluding carboxylic acids is 2. The normalized spacial score (nSPS) is 10.9. The molecule has 0 saturated carbocycles. The molecule has 0 fully saturated rings. The Morgan fingerprint density at radius 3 is 2.20 bits per heavy atom. The average molecular weight is 417 g/mol. The van der Waals surface area contributed by atoms with Crippen LogP contribution in [0.15, 0.2) is 46.9 Å². The lowest BCUT2D eigenvalue weighted by Crippen LogP contribution is -2.17. The van der Waals surface area contributed by atoms with Crippen molar-refractivity contribution in [3.8, 4) is 5.75 Å². The van der Waals surface area contributed by atoms with Gasteiger partial charge in [-0.2, -0.15) is 0 Å². The van der Waals surface area contributed by atoms with E-state index in [9.17, 15) is 22.8 Å². The smallest absolute Gasteiger partial charge is 0.406 e. The van der Waals surface area contributed by atoms with E-state index in [0.717, 1.165) is 12.1 Å². The van der Waals surface area contributed by atoms with Crippen LogP contribution in [0.25, 0.3) is 0 Å². The van der Waals surface area contributed by atoms with Crippen LogP contribution in [0.1, 0.15) is 17.3 Å². The van der Waals surface area contributed by atoms with Crippen molar-refractivity contribution in [2.45, 2.75) is 13.3 Å². The van der Waals surface area contributed by atoms with Crippen LogP contribution in [0.4, 0.5) is 24.5 Å². The van der Waals surface area contributed by atoms with Gasteiger partial charge in [-0.1, -0.05) is 15.9 Å². The molecule has 0 radical (unpaired) electrons. The fourth-order valence-corrected chi connectivity index (χ4v) is 2.28. The Hall–Kier alpha value is -2.55. The number of alkyl halides is 3. The van der Waals surface area contributed by atoms with E-state index in [1.807, 2.05) is 0 Å². The number of benzene rings is 2. The van der Waals surface area contributed by atoms with Gasteiger partial charge in [-0.3, -0.25) is 9.59 Å². The Bertz CT molecular complexity index is 792. The molecule has 2 N–H and O–H groups in total. The third-order valence-electron chi connectivity index (χ3n) is 2.89. The number of hydrogen-bond donors (Lipinski definition) is 2. The third kappa shape index (κ3) is 5.79. The zero-order valence-corrected chi connectivity index (χ0v) is 14.4. The van der Waals surface area contributed by atoms with Crippen LogP contribution in [0.3, 0.4) is 0 Å². The predicted octanol–water partition coefficient (Wildman–Crippen LogP) is 4.56. The molecule has 2 amide bonds. The summed E-state index contributed by atoms with van der Waals surface area (Å²) in [6, 6.07) is 9.35. The standard InChI is InChI=1S/C16H12BrF3N2O3/c1-9(23)21-13-7-4-11(17)8-14(13)22-15(24)10-2-5-12(6-3-10)25-16(18,19)20/h2-8H,1H3,(H,21,23)(H,22,24). The number of ether oxygens (including phenoxy) is 1. The molecule has 25 heavy (non-hydrogen) atoms. The number of anilines is 2. The molecule has 0 bridgehead atoms. The summed E-state index contributed by atoms with van der Waals surface area (Å²) in [6.45, 7) is 1.33. The molecule has 132 valence electrons. The van der Waals surface area contributed by atoms with Crippen LogP contribution in [0, 0.1) is 0 Å². The number of hydrogen-bond acceptors (Lipinski definition) is 3. The molecular formula is C16H12BrF3N2O3. The Labute approximate surface area is 149 Å². The molecule has 2 aromatic rings. The van der Waals surface area contributed by atoms with Gasteiger partial charge in [0.2, 0.25) is 5.91 Å². The van der Waals surface area contributed by atoms with E-state index in [4.69, 9.17) is 0 Å². The van der Waals surface area contributed by atoms with E-state index < -0.39 is 18.0 Å². The predicted molar refractivity (Wildman–Crippen MR) is 89.5 cm³/mol. The van der Waals surface area contributed by atoms with Crippen molar-refractivity contribution in [2.75, 3.05) is 10.6 Å². The molecule has 0 aliphatic rings. The molecule has 2 rings (SSSR count). The van der Waals surface area contributed by atoms with Gasteiger partial charge in [-0.25, -0.2) is 0 Å². The van der Waals surface area contributed by atoms with Crippen LogP contribution >= 0.6 is 15.9 Å². The highest BCUT2D eigenvalue weighted by Crippen LogP contribution is 2.27. The topological polar surface area (TPSA) is 67.4 Å². The Balaban J connectivity index is 2.17. The van der Waals surface area contributed by atoms with Crippen molar-refractivity contribution < 1.29 is 27.5 Å². The van der Waals surface area contributed by atoms with Gasteiger partial charge in [0.1, 0.15) is 5.75 Å². The molecule has 0 saturated heterocycles. The second-order valence-corrected chi connectivity index (χ2v) is 5.81. The Morgan fingerprint density at radius 2 is 1.64 bits per heavy atom. The minimum absolute atomic E-state index is 0.128. The number of amides is 2. The molecule has 0 heterocycles. The molecular weight excluding hydrogens is 405 g/mol. The van der Waals surface area contributed by atoms with Crippen LogP contribution in [0.5, 0.6) is 5.75 Å². The maximum atomic E-state index is 12.3. The van der Waals surface area contributed by atoms with Crippen molar-refractivity contribution in [3.63, 3.8) is 0 Å². The van der Waals surface area contributed by atoms with Crippen molar-refractivity contribution >= 4 is 39.1 Å². The lowest BCUT2D eigenvalue weighted by Gasteiger charge is -2.13. The van der Waals surface area contributed by atoms with Gasteiger partial charge in [-0.15, -0.1) is 13.2 Å². The molecule has 0 atom stereocenters. The molecule has 2 aromatic carbocycles. The van der Waals surface area contributed by atoms with Crippen LogP contribution < -0.4 is 15.4 Å². The summed E-state index contributed by atoms with van der Waals surface area (Å²) in [5.41, 5.74) is 0.856. The maximum Gasteiger partial charge on any atom is 0.573 e.